The van der Waals surface area contributed by atoms with Crippen molar-refractivity contribution in [1.29, 1.82) is 0 Å². The molecule has 2 nitrogen and oxygen atoms in total. The van der Waals surface area contributed by atoms with Gasteiger partial charge in [0.2, 0.25) is 0 Å². The molecule has 0 radical (unpaired) electrons. The number of aromatic nitrogens is 1. The molecule has 1 heterocycles. The van der Waals surface area contributed by atoms with Gasteiger partial charge in [0.15, 0.2) is 5.43 Å². The van der Waals surface area contributed by atoms with E-state index in [0.29, 0.717) is 0 Å². The maximum absolute atomic E-state index is 11.1. The van der Waals surface area contributed by atoms with Crippen molar-refractivity contribution in [1.82, 2.24) is 4.57 Å². The highest BCUT2D eigenvalue weighted by Gasteiger charge is 1.95. The Morgan fingerprint density at radius 1 is 0.556 bits per heavy atom. The van der Waals surface area contributed by atoms with Crippen molar-refractivity contribution in [3.05, 3.63) is 34.7 Å². The highest BCUT2D eigenvalue weighted by Crippen LogP contribution is 2.14. The van der Waals surface area contributed by atoms with E-state index in [1.165, 1.54) is 116 Å². The number of unbranched alkanes of at least 4 members (excludes halogenated alkanes) is 17. The molecule has 0 aliphatic carbocycles. The van der Waals surface area contributed by atoms with E-state index in [1.807, 2.05) is 12.4 Å². The van der Waals surface area contributed by atoms with Gasteiger partial charge in [-0.25, -0.2) is 0 Å². The van der Waals surface area contributed by atoms with Gasteiger partial charge in [-0.05, 0) is 6.42 Å². The van der Waals surface area contributed by atoms with Crippen LogP contribution in [0.15, 0.2) is 29.3 Å². The first-order valence-electron chi connectivity index (χ1n) is 12.0. The molecule has 0 saturated carbocycles. The zero-order valence-corrected chi connectivity index (χ0v) is 18.1. The maximum atomic E-state index is 11.1. The minimum Gasteiger partial charge on any atom is -0.354 e. The van der Waals surface area contributed by atoms with Gasteiger partial charge in [-0.15, -0.1) is 0 Å². The number of aryl methyl sites for hydroxylation is 1. The van der Waals surface area contributed by atoms with Crippen molar-refractivity contribution >= 4 is 0 Å². The van der Waals surface area contributed by atoms with Crippen LogP contribution >= 0.6 is 0 Å². The Kier molecular flexibility index (Phi) is 16.3. The van der Waals surface area contributed by atoms with Crippen LogP contribution in [0, 0.1) is 0 Å². The summed E-state index contributed by atoms with van der Waals surface area (Å²) in [4.78, 5) is 11.1. The molecule has 0 aromatic carbocycles. The Morgan fingerprint density at radius 3 is 1.26 bits per heavy atom. The van der Waals surface area contributed by atoms with E-state index in [9.17, 15) is 4.79 Å². The number of nitrogens with zero attached hydrogens (tertiary/aromatic N) is 1. The quantitative estimate of drug-likeness (QED) is 0.225. The number of hydrogen-bond donors (Lipinski definition) is 0. The van der Waals surface area contributed by atoms with Gasteiger partial charge in [0.25, 0.3) is 0 Å². The van der Waals surface area contributed by atoms with E-state index in [-0.39, 0.29) is 5.43 Å². The monoisotopic (exact) mass is 375 g/mol. The lowest BCUT2D eigenvalue weighted by Crippen LogP contribution is -2.03. The van der Waals surface area contributed by atoms with Gasteiger partial charge in [0.1, 0.15) is 0 Å². The third-order valence-corrected chi connectivity index (χ3v) is 5.63. The lowest BCUT2D eigenvalue weighted by atomic mass is 10.0. The SMILES string of the molecule is CCCCCCCCCCCCCCCCCCCCn1ccc(=O)cc1. The topological polar surface area (TPSA) is 22.0 Å². The predicted molar refractivity (Wildman–Crippen MR) is 119 cm³/mol. The van der Waals surface area contributed by atoms with Crippen LogP contribution in [0.2, 0.25) is 0 Å². The Bertz CT molecular complexity index is 459. The molecule has 27 heavy (non-hydrogen) atoms. The van der Waals surface area contributed by atoms with Crippen molar-refractivity contribution in [3.63, 3.8) is 0 Å². The van der Waals surface area contributed by atoms with Crippen molar-refractivity contribution in [2.75, 3.05) is 0 Å². The fourth-order valence-electron chi connectivity index (χ4n) is 3.79. The first-order chi connectivity index (χ1) is 13.3. The Hall–Kier alpha value is -1.05. The summed E-state index contributed by atoms with van der Waals surface area (Å²) in [6.07, 6.45) is 29.3. The number of pyridine rings is 1. The fraction of sp³-hybridized carbons (Fsp3) is 0.800. The van der Waals surface area contributed by atoms with Crippen molar-refractivity contribution in [2.24, 2.45) is 0 Å². The maximum Gasteiger partial charge on any atom is 0.181 e. The molecule has 1 aromatic rings. The third-order valence-electron chi connectivity index (χ3n) is 5.63. The first-order valence-corrected chi connectivity index (χ1v) is 12.0. The lowest BCUT2D eigenvalue weighted by Gasteiger charge is -2.06. The second kappa shape index (κ2) is 18.3. The van der Waals surface area contributed by atoms with E-state index in [4.69, 9.17) is 0 Å². The van der Waals surface area contributed by atoms with E-state index >= 15 is 0 Å². The summed E-state index contributed by atoms with van der Waals surface area (Å²) in [6, 6.07) is 3.29. The summed E-state index contributed by atoms with van der Waals surface area (Å²) in [7, 11) is 0. The average molecular weight is 376 g/mol. The zero-order chi connectivity index (χ0) is 19.4. The van der Waals surface area contributed by atoms with E-state index < -0.39 is 0 Å². The highest BCUT2D eigenvalue weighted by atomic mass is 16.1. The summed E-state index contributed by atoms with van der Waals surface area (Å²) < 4.78 is 2.12. The molecule has 0 aliphatic heterocycles. The van der Waals surface area contributed by atoms with Gasteiger partial charge in [0, 0.05) is 31.1 Å². The average Bonchev–Trinajstić information content (AvgIpc) is 2.68. The number of rotatable bonds is 19. The molecule has 0 bridgehead atoms. The standard InChI is InChI=1S/C25H45NO/c1-2-3-4-5-6-7-8-9-10-11-12-13-14-15-16-17-18-19-22-26-23-20-25(27)21-24-26/h20-21,23-24H,2-19,22H2,1H3. The molecule has 0 amide bonds. The summed E-state index contributed by atoms with van der Waals surface area (Å²) in [5.74, 6) is 0. The van der Waals surface area contributed by atoms with Crippen molar-refractivity contribution in [2.45, 2.75) is 129 Å². The Balaban J connectivity index is 1.72. The molecule has 2 heteroatoms. The van der Waals surface area contributed by atoms with Gasteiger partial charge in [-0.1, -0.05) is 116 Å². The minimum absolute atomic E-state index is 0.101. The summed E-state index contributed by atoms with van der Waals surface area (Å²) in [6.45, 7) is 3.33. The van der Waals surface area contributed by atoms with Crippen LogP contribution in [0.1, 0.15) is 122 Å². The van der Waals surface area contributed by atoms with Gasteiger partial charge >= 0.3 is 0 Å². The molecule has 0 fully saturated rings. The van der Waals surface area contributed by atoms with Crippen molar-refractivity contribution < 1.29 is 0 Å². The van der Waals surface area contributed by atoms with E-state index in [1.54, 1.807) is 12.1 Å². The van der Waals surface area contributed by atoms with Crippen LogP contribution in [-0.4, -0.2) is 4.57 Å². The second-order valence-electron chi connectivity index (χ2n) is 8.28. The molecule has 0 aliphatic rings. The fourth-order valence-corrected chi connectivity index (χ4v) is 3.79. The molecule has 0 unspecified atom stereocenters. The number of hydrogen-bond acceptors (Lipinski definition) is 1. The van der Waals surface area contributed by atoms with Gasteiger partial charge in [-0.2, -0.15) is 0 Å². The Morgan fingerprint density at radius 2 is 0.889 bits per heavy atom. The summed E-state index contributed by atoms with van der Waals surface area (Å²) in [5, 5.41) is 0. The van der Waals surface area contributed by atoms with Crippen LogP contribution in [0.3, 0.4) is 0 Å². The van der Waals surface area contributed by atoms with Crippen LogP contribution in [-0.2, 0) is 6.54 Å². The Labute approximate surface area is 168 Å². The molecule has 0 saturated heterocycles. The van der Waals surface area contributed by atoms with Crippen molar-refractivity contribution in [3.8, 4) is 0 Å². The van der Waals surface area contributed by atoms with Gasteiger partial charge in [-0.3, -0.25) is 4.79 Å². The molecule has 0 atom stereocenters. The molecule has 0 N–H and O–H groups in total. The van der Waals surface area contributed by atoms with Crippen LogP contribution in [0.25, 0.3) is 0 Å². The van der Waals surface area contributed by atoms with E-state index in [0.717, 1.165) is 6.54 Å². The smallest absolute Gasteiger partial charge is 0.181 e. The van der Waals surface area contributed by atoms with Crippen LogP contribution in [0.4, 0.5) is 0 Å². The highest BCUT2D eigenvalue weighted by molar-refractivity contribution is 4.93. The minimum atomic E-state index is 0.101. The van der Waals surface area contributed by atoms with Gasteiger partial charge in [0.05, 0.1) is 0 Å². The molecular formula is C25H45NO. The first kappa shape index (κ1) is 24.0. The molecule has 1 aromatic heterocycles. The summed E-state index contributed by atoms with van der Waals surface area (Å²) >= 11 is 0. The van der Waals surface area contributed by atoms with E-state index in [2.05, 4.69) is 11.5 Å². The second-order valence-corrected chi connectivity index (χ2v) is 8.28. The summed E-state index contributed by atoms with van der Waals surface area (Å²) in [5.41, 5.74) is 0.101. The molecule has 156 valence electrons. The third kappa shape index (κ3) is 15.7. The molecular weight excluding hydrogens is 330 g/mol. The predicted octanol–water partition coefficient (Wildman–Crippen LogP) is 7.89. The zero-order valence-electron chi connectivity index (χ0n) is 18.1. The largest absolute Gasteiger partial charge is 0.354 e. The normalized spacial score (nSPS) is 11.1. The van der Waals surface area contributed by atoms with Crippen LogP contribution < -0.4 is 5.43 Å². The lowest BCUT2D eigenvalue weighted by molar-refractivity contribution is 0.518. The molecule has 0 spiro atoms. The van der Waals surface area contributed by atoms with Crippen LogP contribution in [0.5, 0.6) is 0 Å². The van der Waals surface area contributed by atoms with Gasteiger partial charge < -0.3 is 4.57 Å². The molecule has 1 rings (SSSR count).